The first-order chi connectivity index (χ1) is 8.77. The van der Waals surface area contributed by atoms with Crippen LogP contribution in [0.4, 0.5) is 0 Å². The number of rotatable bonds is 5. The third-order valence-corrected chi connectivity index (χ3v) is 3.80. The molecule has 18 heavy (non-hydrogen) atoms. The molecule has 1 aromatic carbocycles. The Kier molecular flexibility index (Phi) is 5.17. The molecule has 0 amide bonds. The molecule has 2 rings (SSSR count). The molecule has 0 spiro atoms. The molecule has 1 fully saturated rings. The van der Waals surface area contributed by atoms with E-state index in [1.807, 2.05) is 30.3 Å². The fourth-order valence-electron chi connectivity index (χ4n) is 2.62. The topological polar surface area (TPSA) is 52.5 Å². The van der Waals surface area contributed by atoms with E-state index >= 15 is 0 Å². The summed E-state index contributed by atoms with van der Waals surface area (Å²) in [4.78, 5) is 0. The zero-order chi connectivity index (χ0) is 12.8. The van der Waals surface area contributed by atoms with Crippen LogP contribution in [-0.4, -0.2) is 29.4 Å². The Balaban J connectivity index is 1.71. The first-order valence-electron chi connectivity index (χ1n) is 6.89. The van der Waals surface area contributed by atoms with Crippen molar-refractivity contribution in [2.45, 2.75) is 37.9 Å². The quantitative estimate of drug-likeness (QED) is 0.746. The average molecular weight is 249 g/mol. The van der Waals surface area contributed by atoms with Crippen LogP contribution >= 0.6 is 0 Å². The van der Waals surface area contributed by atoms with E-state index in [9.17, 15) is 10.2 Å². The average Bonchev–Trinajstić information content (AvgIpc) is 2.42. The van der Waals surface area contributed by atoms with Crippen LogP contribution in [0.3, 0.4) is 0 Å². The van der Waals surface area contributed by atoms with Gasteiger partial charge in [0.25, 0.3) is 0 Å². The smallest absolute Gasteiger partial charge is 0.0914 e. The van der Waals surface area contributed by atoms with Gasteiger partial charge in [-0.1, -0.05) is 43.2 Å². The summed E-state index contributed by atoms with van der Waals surface area (Å²) in [6.07, 6.45) is 3.74. The molecule has 0 bridgehead atoms. The minimum Gasteiger partial charge on any atom is -0.393 e. The van der Waals surface area contributed by atoms with Gasteiger partial charge in [-0.3, -0.25) is 0 Å². The molecule has 1 saturated carbocycles. The zero-order valence-electron chi connectivity index (χ0n) is 10.8. The zero-order valence-corrected chi connectivity index (χ0v) is 10.8. The highest BCUT2D eigenvalue weighted by molar-refractivity contribution is 5.17. The van der Waals surface area contributed by atoms with Crippen molar-refractivity contribution in [3.8, 4) is 0 Å². The van der Waals surface area contributed by atoms with E-state index in [1.165, 1.54) is 6.42 Å². The van der Waals surface area contributed by atoms with Crippen molar-refractivity contribution in [2.24, 2.45) is 5.92 Å². The van der Waals surface area contributed by atoms with Crippen LogP contribution in [0.15, 0.2) is 30.3 Å². The van der Waals surface area contributed by atoms with Crippen LogP contribution < -0.4 is 5.32 Å². The predicted molar refractivity (Wildman–Crippen MR) is 72.2 cm³/mol. The SMILES string of the molecule is OC(CNCC1CCCCC1O)c1ccccc1. The molecule has 1 aliphatic rings. The second kappa shape index (κ2) is 6.88. The van der Waals surface area contributed by atoms with Gasteiger partial charge in [0.05, 0.1) is 12.2 Å². The highest BCUT2D eigenvalue weighted by Gasteiger charge is 2.22. The molecular formula is C15H23NO2. The molecule has 3 nitrogen and oxygen atoms in total. The van der Waals surface area contributed by atoms with Gasteiger partial charge >= 0.3 is 0 Å². The van der Waals surface area contributed by atoms with E-state index in [0.717, 1.165) is 31.4 Å². The van der Waals surface area contributed by atoms with Crippen molar-refractivity contribution in [1.82, 2.24) is 5.32 Å². The van der Waals surface area contributed by atoms with E-state index in [0.29, 0.717) is 12.5 Å². The molecule has 3 atom stereocenters. The summed E-state index contributed by atoms with van der Waals surface area (Å²) < 4.78 is 0. The van der Waals surface area contributed by atoms with E-state index in [1.54, 1.807) is 0 Å². The Labute approximate surface area is 109 Å². The summed E-state index contributed by atoms with van der Waals surface area (Å²) in [6.45, 7) is 1.35. The normalized spacial score (nSPS) is 25.9. The number of hydrogen-bond donors (Lipinski definition) is 3. The molecule has 0 aromatic heterocycles. The Morgan fingerprint density at radius 3 is 2.61 bits per heavy atom. The van der Waals surface area contributed by atoms with Crippen molar-refractivity contribution in [3.63, 3.8) is 0 Å². The van der Waals surface area contributed by atoms with Gasteiger partial charge in [-0.15, -0.1) is 0 Å². The molecule has 0 heterocycles. The van der Waals surface area contributed by atoms with Crippen molar-refractivity contribution < 1.29 is 10.2 Å². The molecule has 3 unspecified atom stereocenters. The second-order valence-corrected chi connectivity index (χ2v) is 5.20. The summed E-state index contributed by atoms with van der Waals surface area (Å²) in [5.41, 5.74) is 0.939. The largest absolute Gasteiger partial charge is 0.393 e. The van der Waals surface area contributed by atoms with E-state index in [2.05, 4.69) is 5.32 Å². The lowest BCUT2D eigenvalue weighted by Gasteiger charge is -2.28. The standard InChI is InChI=1S/C15H23NO2/c17-14-9-5-4-8-13(14)10-16-11-15(18)12-6-2-1-3-7-12/h1-3,6-7,13-18H,4-5,8-11H2. The van der Waals surface area contributed by atoms with Crippen molar-refractivity contribution in [3.05, 3.63) is 35.9 Å². The van der Waals surface area contributed by atoms with Crippen LogP contribution in [0.1, 0.15) is 37.4 Å². The molecule has 100 valence electrons. The maximum absolute atomic E-state index is 9.99. The summed E-state index contributed by atoms with van der Waals surface area (Å²) >= 11 is 0. The maximum Gasteiger partial charge on any atom is 0.0914 e. The summed E-state index contributed by atoms with van der Waals surface area (Å²) in [6, 6.07) is 9.68. The monoisotopic (exact) mass is 249 g/mol. The second-order valence-electron chi connectivity index (χ2n) is 5.20. The summed E-state index contributed by atoms with van der Waals surface area (Å²) in [7, 11) is 0. The first-order valence-corrected chi connectivity index (χ1v) is 6.89. The minimum atomic E-state index is -0.466. The molecule has 0 radical (unpaired) electrons. The van der Waals surface area contributed by atoms with Gasteiger partial charge in [0.1, 0.15) is 0 Å². The van der Waals surface area contributed by atoms with Gasteiger partial charge in [0, 0.05) is 13.1 Å². The van der Waals surface area contributed by atoms with Gasteiger partial charge in [0.15, 0.2) is 0 Å². The Morgan fingerprint density at radius 1 is 1.17 bits per heavy atom. The van der Waals surface area contributed by atoms with Crippen LogP contribution in [0, 0.1) is 5.92 Å². The number of benzene rings is 1. The number of nitrogens with one attached hydrogen (secondary N) is 1. The highest BCUT2D eigenvalue weighted by atomic mass is 16.3. The summed E-state index contributed by atoms with van der Waals surface area (Å²) in [5, 5.41) is 23.1. The van der Waals surface area contributed by atoms with Gasteiger partial charge in [-0.05, 0) is 24.3 Å². The highest BCUT2D eigenvalue weighted by Crippen LogP contribution is 2.23. The minimum absolute atomic E-state index is 0.167. The van der Waals surface area contributed by atoms with E-state index in [-0.39, 0.29) is 6.10 Å². The van der Waals surface area contributed by atoms with Crippen molar-refractivity contribution >= 4 is 0 Å². The predicted octanol–water partition coefficient (Wildman–Crippen LogP) is 1.86. The lowest BCUT2D eigenvalue weighted by Crippen LogP contribution is -2.35. The number of hydrogen-bond acceptors (Lipinski definition) is 3. The molecule has 1 aromatic rings. The van der Waals surface area contributed by atoms with Crippen LogP contribution in [0.25, 0.3) is 0 Å². The maximum atomic E-state index is 9.99. The van der Waals surface area contributed by atoms with E-state index < -0.39 is 6.10 Å². The first kappa shape index (κ1) is 13.5. The van der Waals surface area contributed by atoms with Gasteiger partial charge in [0.2, 0.25) is 0 Å². The molecular weight excluding hydrogens is 226 g/mol. The van der Waals surface area contributed by atoms with Crippen LogP contribution in [0.2, 0.25) is 0 Å². The lowest BCUT2D eigenvalue weighted by molar-refractivity contribution is 0.0669. The van der Waals surface area contributed by atoms with Gasteiger partial charge < -0.3 is 15.5 Å². The Bertz CT molecular complexity index is 342. The van der Waals surface area contributed by atoms with Gasteiger partial charge in [-0.25, -0.2) is 0 Å². The fraction of sp³-hybridized carbons (Fsp3) is 0.600. The Morgan fingerprint density at radius 2 is 1.89 bits per heavy atom. The third kappa shape index (κ3) is 3.80. The molecule has 0 aliphatic heterocycles. The van der Waals surface area contributed by atoms with Crippen LogP contribution in [-0.2, 0) is 0 Å². The van der Waals surface area contributed by atoms with Gasteiger partial charge in [-0.2, -0.15) is 0 Å². The van der Waals surface area contributed by atoms with Crippen molar-refractivity contribution in [2.75, 3.05) is 13.1 Å². The molecule has 1 aliphatic carbocycles. The van der Waals surface area contributed by atoms with Crippen molar-refractivity contribution in [1.29, 1.82) is 0 Å². The third-order valence-electron chi connectivity index (χ3n) is 3.80. The fourth-order valence-corrected chi connectivity index (χ4v) is 2.62. The van der Waals surface area contributed by atoms with E-state index in [4.69, 9.17) is 0 Å². The summed E-state index contributed by atoms with van der Waals surface area (Å²) in [5.74, 6) is 0.349. The Hall–Kier alpha value is -0.900. The molecule has 3 heteroatoms. The number of aliphatic hydroxyl groups excluding tert-OH is 2. The lowest BCUT2D eigenvalue weighted by atomic mass is 9.86. The number of aliphatic hydroxyl groups is 2. The van der Waals surface area contributed by atoms with Crippen LogP contribution in [0.5, 0.6) is 0 Å². The molecule has 3 N–H and O–H groups in total. The molecule has 0 saturated heterocycles.